The maximum Gasteiger partial charge on any atom is 0.342 e. The number of halogens is 1. The smallest absolute Gasteiger partial charge is 0.342 e. The number of nitrogens with one attached hydrogen (secondary N) is 1. The lowest BCUT2D eigenvalue weighted by Gasteiger charge is -2.10. The van der Waals surface area contributed by atoms with Crippen molar-refractivity contribution < 1.29 is 19.1 Å². The lowest BCUT2D eigenvalue weighted by Crippen LogP contribution is -2.28. The maximum atomic E-state index is 12.1. The highest BCUT2D eigenvalue weighted by molar-refractivity contribution is 6.31. The molecule has 0 radical (unpaired) electrons. The van der Waals surface area contributed by atoms with Crippen molar-refractivity contribution in [3.8, 4) is 5.75 Å². The van der Waals surface area contributed by atoms with Crippen molar-refractivity contribution in [3.63, 3.8) is 0 Å². The van der Waals surface area contributed by atoms with Crippen LogP contribution in [0, 0.1) is 13.8 Å². The van der Waals surface area contributed by atoms with Crippen LogP contribution >= 0.6 is 11.6 Å². The third-order valence-electron chi connectivity index (χ3n) is 3.78. The third kappa shape index (κ3) is 5.22. The molecule has 0 saturated heterocycles. The first-order valence-corrected chi connectivity index (χ1v) is 8.12. The zero-order valence-corrected chi connectivity index (χ0v) is 15.1. The number of benzene rings is 2. The highest BCUT2D eigenvalue weighted by Crippen LogP contribution is 2.23. The largest absolute Gasteiger partial charge is 0.496 e. The van der Waals surface area contributed by atoms with Gasteiger partial charge in [0.15, 0.2) is 6.61 Å². The number of hydrogen-bond donors (Lipinski definition) is 1. The van der Waals surface area contributed by atoms with Gasteiger partial charge in [0.05, 0.1) is 7.11 Å². The van der Waals surface area contributed by atoms with Crippen LogP contribution in [0.4, 0.5) is 0 Å². The number of amides is 1. The Labute approximate surface area is 151 Å². The molecule has 0 atom stereocenters. The molecule has 0 fully saturated rings. The summed E-state index contributed by atoms with van der Waals surface area (Å²) in [7, 11) is 1.44. The summed E-state index contributed by atoms with van der Waals surface area (Å²) in [4.78, 5) is 24.0. The summed E-state index contributed by atoms with van der Waals surface area (Å²) < 4.78 is 10.1. The van der Waals surface area contributed by atoms with E-state index in [2.05, 4.69) is 5.32 Å². The summed E-state index contributed by atoms with van der Waals surface area (Å²) in [5, 5.41) is 3.10. The van der Waals surface area contributed by atoms with E-state index in [1.807, 2.05) is 32.0 Å². The van der Waals surface area contributed by atoms with Crippen molar-refractivity contribution in [2.24, 2.45) is 0 Å². The lowest BCUT2D eigenvalue weighted by molar-refractivity contribution is -0.124. The first-order chi connectivity index (χ1) is 11.9. The lowest BCUT2D eigenvalue weighted by atomic mass is 10.1. The maximum absolute atomic E-state index is 12.1. The van der Waals surface area contributed by atoms with Crippen molar-refractivity contribution in [1.29, 1.82) is 0 Å². The molecule has 2 aromatic rings. The summed E-state index contributed by atoms with van der Waals surface area (Å²) in [6, 6.07) is 10.6. The number of esters is 1. The molecule has 5 nitrogen and oxygen atoms in total. The average molecular weight is 362 g/mol. The van der Waals surface area contributed by atoms with Gasteiger partial charge in [0.1, 0.15) is 11.3 Å². The van der Waals surface area contributed by atoms with Crippen molar-refractivity contribution in [3.05, 3.63) is 63.7 Å². The Morgan fingerprint density at radius 3 is 2.52 bits per heavy atom. The second-order valence-electron chi connectivity index (χ2n) is 5.62. The highest BCUT2D eigenvalue weighted by atomic mass is 35.5. The van der Waals surface area contributed by atoms with Gasteiger partial charge in [-0.1, -0.05) is 29.8 Å². The Hall–Kier alpha value is -2.53. The summed E-state index contributed by atoms with van der Waals surface area (Å²) >= 11 is 5.88. The number of hydrogen-bond acceptors (Lipinski definition) is 4. The molecule has 1 N–H and O–H groups in total. The predicted octanol–water partition coefficient (Wildman–Crippen LogP) is 3.44. The first-order valence-electron chi connectivity index (χ1n) is 7.74. The number of carbonyl (C=O) groups is 2. The second-order valence-corrected chi connectivity index (χ2v) is 6.05. The first kappa shape index (κ1) is 18.8. The van der Waals surface area contributed by atoms with Crippen LogP contribution in [-0.4, -0.2) is 25.6 Å². The molecule has 0 aliphatic carbocycles. The van der Waals surface area contributed by atoms with Crippen LogP contribution in [0.3, 0.4) is 0 Å². The van der Waals surface area contributed by atoms with Gasteiger partial charge in [-0.3, -0.25) is 4.79 Å². The van der Waals surface area contributed by atoms with E-state index in [1.165, 1.54) is 18.7 Å². The Bertz CT molecular complexity index is 789. The van der Waals surface area contributed by atoms with Gasteiger partial charge in [-0.2, -0.15) is 0 Å². The number of rotatable bonds is 6. The molecule has 0 aliphatic rings. The molecule has 0 spiro atoms. The molecule has 2 aromatic carbocycles. The van der Waals surface area contributed by atoms with Gasteiger partial charge >= 0.3 is 5.97 Å². The van der Waals surface area contributed by atoms with E-state index in [1.54, 1.807) is 12.1 Å². The van der Waals surface area contributed by atoms with Crippen LogP contribution in [0.25, 0.3) is 0 Å². The van der Waals surface area contributed by atoms with E-state index >= 15 is 0 Å². The zero-order chi connectivity index (χ0) is 18.4. The van der Waals surface area contributed by atoms with Gasteiger partial charge in [-0.15, -0.1) is 0 Å². The van der Waals surface area contributed by atoms with E-state index in [9.17, 15) is 9.59 Å². The van der Waals surface area contributed by atoms with Crippen molar-refractivity contribution >= 4 is 23.5 Å². The van der Waals surface area contributed by atoms with Crippen molar-refractivity contribution in [1.82, 2.24) is 5.32 Å². The molecule has 0 aromatic heterocycles. The van der Waals surface area contributed by atoms with Crippen molar-refractivity contribution in [2.75, 3.05) is 13.7 Å². The van der Waals surface area contributed by atoms with Gasteiger partial charge in [-0.05, 0) is 48.7 Å². The average Bonchev–Trinajstić information content (AvgIpc) is 2.60. The minimum Gasteiger partial charge on any atom is -0.496 e. The fraction of sp³-hybridized carbons (Fsp3) is 0.263. The fourth-order valence-electron chi connectivity index (χ4n) is 2.21. The highest BCUT2D eigenvalue weighted by Gasteiger charge is 2.16. The molecule has 0 unspecified atom stereocenters. The molecule has 1 amide bonds. The SMILES string of the molecule is COc1ccc(Cl)cc1C(=O)OCC(=O)NCc1ccc(C)c(C)c1. The Balaban J connectivity index is 1.88. The van der Waals surface area contributed by atoms with Gasteiger partial charge in [0.2, 0.25) is 0 Å². The van der Waals surface area contributed by atoms with Gasteiger partial charge in [0, 0.05) is 11.6 Å². The van der Waals surface area contributed by atoms with E-state index in [0.717, 1.165) is 11.1 Å². The zero-order valence-electron chi connectivity index (χ0n) is 14.4. The minimum atomic E-state index is -0.666. The van der Waals surface area contributed by atoms with Gasteiger partial charge in [0.25, 0.3) is 5.91 Å². The third-order valence-corrected chi connectivity index (χ3v) is 4.01. The van der Waals surface area contributed by atoms with Crippen LogP contribution in [0.15, 0.2) is 36.4 Å². The van der Waals surface area contributed by atoms with Crippen molar-refractivity contribution in [2.45, 2.75) is 20.4 Å². The summed E-state index contributed by atoms with van der Waals surface area (Å²) in [5.74, 6) is -0.710. The van der Waals surface area contributed by atoms with E-state index < -0.39 is 5.97 Å². The van der Waals surface area contributed by atoms with E-state index in [4.69, 9.17) is 21.1 Å². The van der Waals surface area contributed by atoms with Gasteiger partial charge in [-0.25, -0.2) is 4.79 Å². The Morgan fingerprint density at radius 1 is 1.08 bits per heavy atom. The van der Waals surface area contributed by atoms with E-state index in [-0.39, 0.29) is 18.1 Å². The number of methoxy groups -OCH3 is 1. The minimum absolute atomic E-state index is 0.178. The fourth-order valence-corrected chi connectivity index (χ4v) is 2.39. The number of aryl methyl sites for hydroxylation is 2. The molecule has 0 bridgehead atoms. The predicted molar refractivity (Wildman–Crippen MR) is 96.0 cm³/mol. The standard InChI is InChI=1S/C19H20ClNO4/c1-12-4-5-14(8-13(12)2)10-21-18(22)11-25-19(23)16-9-15(20)6-7-17(16)24-3/h4-9H,10-11H2,1-3H3,(H,21,22). The molecule has 0 saturated carbocycles. The molecule has 0 aliphatic heterocycles. The normalized spacial score (nSPS) is 10.2. The van der Waals surface area contributed by atoms with Crippen LogP contribution in [0.5, 0.6) is 5.75 Å². The summed E-state index contributed by atoms with van der Waals surface area (Å²) in [5.41, 5.74) is 3.52. The quantitative estimate of drug-likeness (QED) is 0.800. The van der Waals surface area contributed by atoms with E-state index in [0.29, 0.717) is 17.3 Å². The summed E-state index contributed by atoms with van der Waals surface area (Å²) in [6.45, 7) is 4.04. The topological polar surface area (TPSA) is 64.6 Å². The monoisotopic (exact) mass is 361 g/mol. The Kier molecular flexibility index (Phi) is 6.42. The van der Waals surface area contributed by atoms with Crippen LogP contribution in [0.2, 0.25) is 5.02 Å². The molecule has 0 heterocycles. The number of ether oxygens (including phenoxy) is 2. The second kappa shape index (κ2) is 8.53. The molecule has 25 heavy (non-hydrogen) atoms. The molecule has 132 valence electrons. The molecular formula is C19H20ClNO4. The van der Waals surface area contributed by atoms with Crippen LogP contribution < -0.4 is 10.1 Å². The molecular weight excluding hydrogens is 342 g/mol. The van der Waals surface area contributed by atoms with Crippen LogP contribution in [0.1, 0.15) is 27.0 Å². The van der Waals surface area contributed by atoms with Crippen LogP contribution in [-0.2, 0) is 16.1 Å². The Morgan fingerprint density at radius 2 is 1.84 bits per heavy atom. The molecule has 2 rings (SSSR count). The number of carbonyl (C=O) groups excluding carboxylic acids is 2. The van der Waals surface area contributed by atoms with Gasteiger partial charge < -0.3 is 14.8 Å². The molecule has 6 heteroatoms. The summed E-state index contributed by atoms with van der Waals surface area (Å²) in [6.07, 6.45) is 0.